The van der Waals surface area contributed by atoms with Crippen LogP contribution in [0.25, 0.3) is 0 Å². The SMILES string of the molecule is C#C/C=C\C=C(/C)COC(=O)CCCC(CCCC(=O)OCc1ccccc1)COC(=O)C1CCN(C)CC1. The van der Waals surface area contributed by atoms with Crippen LogP contribution >= 0.6 is 0 Å². The Morgan fingerprint density at radius 2 is 1.67 bits per heavy atom. The van der Waals surface area contributed by atoms with Gasteiger partial charge < -0.3 is 19.1 Å². The number of terminal acetylenes is 1. The summed E-state index contributed by atoms with van der Waals surface area (Å²) in [6.45, 7) is 4.43. The van der Waals surface area contributed by atoms with Gasteiger partial charge in [-0.3, -0.25) is 14.4 Å². The molecule has 7 heteroatoms. The summed E-state index contributed by atoms with van der Waals surface area (Å²) in [7, 11) is 2.06. The van der Waals surface area contributed by atoms with Crippen molar-refractivity contribution in [3.05, 3.63) is 59.7 Å². The van der Waals surface area contributed by atoms with Gasteiger partial charge in [0.1, 0.15) is 13.2 Å². The maximum atomic E-state index is 12.6. The van der Waals surface area contributed by atoms with Crippen LogP contribution in [-0.2, 0) is 35.2 Å². The molecule has 0 spiro atoms. The number of piperidine rings is 1. The predicted molar refractivity (Wildman–Crippen MR) is 151 cm³/mol. The Labute approximate surface area is 233 Å². The lowest BCUT2D eigenvalue weighted by atomic mass is 9.95. The van der Waals surface area contributed by atoms with Crippen molar-refractivity contribution in [3.8, 4) is 12.3 Å². The zero-order chi connectivity index (χ0) is 28.3. The lowest BCUT2D eigenvalue weighted by Gasteiger charge is -2.28. The summed E-state index contributed by atoms with van der Waals surface area (Å²) in [5.74, 6) is 1.75. The Balaban J connectivity index is 1.77. The summed E-state index contributed by atoms with van der Waals surface area (Å²) in [5.41, 5.74) is 1.85. The second kappa shape index (κ2) is 18.8. The van der Waals surface area contributed by atoms with Gasteiger partial charge in [-0.1, -0.05) is 48.4 Å². The molecule has 212 valence electrons. The molecule has 1 aliphatic heterocycles. The van der Waals surface area contributed by atoms with Crippen molar-refractivity contribution in [1.29, 1.82) is 0 Å². The van der Waals surface area contributed by atoms with E-state index in [9.17, 15) is 14.4 Å². The van der Waals surface area contributed by atoms with Gasteiger partial charge in [0, 0.05) is 12.8 Å². The summed E-state index contributed by atoms with van der Waals surface area (Å²) in [5, 5.41) is 0. The molecule has 0 amide bonds. The number of benzene rings is 1. The lowest BCUT2D eigenvalue weighted by Crippen LogP contribution is -2.34. The number of ether oxygens (including phenoxy) is 3. The van der Waals surface area contributed by atoms with Crippen LogP contribution in [0.4, 0.5) is 0 Å². The van der Waals surface area contributed by atoms with E-state index in [0.717, 1.165) is 37.1 Å². The number of esters is 3. The van der Waals surface area contributed by atoms with Crippen LogP contribution in [0, 0.1) is 24.2 Å². The highest BCUT2D eigenvalue weighted by Crippen LogP contribution is 2.21. The fourth-order valence-electron chi connectivity index (χ4n) is 4.34. The number of rotatable bonds is 16. The maximum absolute atomic E-state index is 12.6. The third-order valence-electron chi connectivity index (χ3n) is 6.78. The van der Waals surface area contributed by atoms with Crippen LogP contribution in [0.1, 0.15) is 63.9 Å². The Bertz CT molecular complexity index is 986. The molecule has 0 aliphatic carbocycles. The molecule has 1 aromatic rings. The number of hydrogen-bond donors (Lipinski definition) is 0. The summed E-state index contributed by atoms with van der Waals surface area (Å²) < 4.78 is 16.4. The Morgan fingerprint density at radius 1 is 1.03 bits per heavy atom. The molecule has 1 atom stereocenters. The van der Waals surface area contributed by atoms with E-state index in [1.807, 2.05) is 43.3 Å². The molecule has 0 radical (unpaired) electrons. The Kier molecular flexibility index (Phi) is 15.4. The molecule has 1 fully saturated rings. The van der Waals surface area contributed by atoms with Gasteiger partial charge in [-0.05, 0) is 88.7 Å². The van der Waals surface area contributed by atoms with Crippen molar-refractivity contribution in [2.24, 2.45) is 11.8 Å². The zero-order valence-electron chi connectivity index (χ0n) is 23.4. The second-order valence-electron chi connectivity index (χ2n) is 10.2. The fraction of sp³-hybridized carbons (Fsp3) is 0.531. The Morgan fingerprint density at radius 3 is 2.31 bits per heavy atom. The molecule has 39 heavy (non-hydrogen) atoms. The minimum Gasteiger partial charge on any atom is -0.465 e. The predicted octanol–water partition coefficient (Wildman–Crippen LogP) is 5.25. The first kappa shape index (κ1) is 31.8. The van der Waals surface area contributed by atoms with Crippen LogP contribution in [0.15, 0.2) is 54.1 Å². The highest BCUT2D eigenvalue weighted by atomic mass is 16.5. The first-order valence-corrected chi connectivity index (χ1v) is 13.9. The van der Waals surface area contributed by atoms with E-state index in [1.54, 1.807) is 12.2 Å². The Hall–Kier alpha value is -3.37. The molecule has 7 nitrogen and oxygen atoms in total. The smallest absolute Gasteiger partial charge is 0.309 e. The van der Waals surface area contributed by atoms with Crippen molar-refractivity contribution in [2.45, 2.75) is 64.9 Å². The highest BCUT2D eigenvalue weighted by Gasteiger charge is 2.25. The van der Waals surface area contributed by atoms with Gasteiger partial charge in [0.2, 0.25) is 0 Å². The summed E-state index contributed by atoms with van der Waals surface area (Å²) >= 11 is 0. The molecule has 1 aromatic carbocycles. The number of carbonyl (C=O) groups excluding carboxylic acids is 3. The molecule has 0 aromatic heterocycles. The van der Waals surface area contributed by atoms with Gasteiger partial charge >= 0.3 is 17.9 Å². The van der Waals surface area contributed by atoms with E-state index >= 15 is 0 Å². The van der Waals surface area contributed by atoms with E-state index in [4.69, 9.17) is 20.6 Å². The number of likely N-dealkylation sites (tertiary alicyclic amines) is 1. The van der Waals surface area contributed by atoms with E-state index in [1.165, 1.54) is 0 Å². The molecule has 1 unspecified atom stereocenters. The maximum Gasteiger partial charge on any atom is 0.309 e. The van der Waals surface area contributed by atoms with Crippen molar-refractivity contribution >= 4 is 17.9 Å². The first-order valence-electron chi connectivity index (χ1n) is 13.9. The number of carbonyl (C=O) groups is 3. The van der Waals surface area contributed by atoms with E-state index < -0.39 is 0 Å². The third kappa shape index (κ3) is 14.4. The van der Waals surface area contributed by atoms with Crippen molar-refractivity contribution in [2.75, 3.05) is 33.4 Å². The summed E-state index contributed by atoms with van der Waals surface area (Å²) in [6.07, 6.45) is 15.2. The van der Waals surface area contributed by atoms with Gasteiger partial charge in [-0.15, -0.1) is 6.42 Å². The normalized spacial score (nSPS) is 15.5. The molecule has 1 saturated heterocycles. The van der Waals surface area contributed by atoms with Crippen molar-refractivity contribution in [3.63, 3.8) is 0 Å². The minimum atomic E-state index is -0.268. The molecule has 1 heterocycles. The van der Waals surface area contributed by atoms with Gasteiger partial charge in [0.25, 0.3) is 0 Å². The zero-order valence-corrected chi connectivity index (χ0v) is 23.4. The van der Waals surface area contributed by atoms with Crippen LogP contribution < -0.4 is 0 Å². The van der Waals surface area contributed by atoms with E-state index in [-0.39, 0.29) is 49.4 Å². The highest BCUT2D eigenvalue weighted by molar-refractivity contribution is 5.72. The van der Waals surface area contributed by atoms with Gasteiger partial charge in [0.05, 0.1) is 12.5 Å². The average Bonchev–Trinajstić information content (AvgIpc) is 2.94. The second-order valence-corrected chi connectivity index (χ2v) is 10.2. The summed E-state index contributed by atoms with van der Waals surface area (Å²) in [4.78, 5) is 39.3. The largest absolute Gasteiger partial charge is 0.465 e. The molecule has 0 bridgehead atoms. The number of nitrogens with zero attached hydrogens (tertiary/aromatic N) is 1. The lowest BCUT2D eigenvalue weighted by molar-refractivity contribution is -0.152. The molecule has 1 aliphatic rings. The minimum absolute atomic E-state index is 0.0587. The summed E-state index contributed by atoms with van der Waals surface area (Å²) in [6, 6.07) is 9.57. The van der Waals surface area contributed by atoms with E-state index in [0.29, 0.717) is 38.7 Å². The average molecular weight is 538 g/mol. The van der Waals surface area contributed by atoms with Crippen LogP contribution in [0.2, 0.25) is 0 Å². The molecule has 0 saturated carbocycles. The molecule has 0 N–H and O–H groups in total. The van der Waals surface area contributed by atoms with Crippen LogP contribution in [0.5, 0.6) is 0 Å². The first-order chi connectivity index (χ1) is 18.9. The number of hydrogen-bond acceptors (Lipinski definition) is 7. The standard InChI is InChI=1S/C32H43NO6/c1-4-5-7-12-26(2)23-37-30(34)17-10-15-28(25-39-32(36)29-19-21-33(3)22-20-29)16-11-18-31(35)38-24-27-13-8-6-9-14-27/h1,5-9,12-14,28-29H,10-11,15-25H2,2-3H3/b7-5-,26-12+. The fourth-order valence-corrected chi connectivity index (χ4v) is 4.34. The van der Waals surface area contributed by atoms with E-state index in [2.05, 4.69) is 17.9 Å². The quantitative estimate of drug-likeness (QED) is 0.123. The van der Waals surface area contributed by atoms with Crippen LogP contribution in [-0.4, -0.2) is 56.2 Å². The van der Waals surface area contributed by atoms with Crippen LogP contribution in [0.3, 0.4) is 0 Å². The molecular weight excluding hydrogens is 494 g/mol. The topological polar surface area (TPSA) is 82.1 Å². The van der Waals surface area contributed by atoms with Gasteiger partial charge in [-0.25, -0.2) is 0 Å². The van der Waals surface area contributed by atoms with Gasteiger partial charge in [0.15, 0.2) is 0 Å². The van der Waals surface area contributed by atoms with Crippen molar-refractivity contribution < 1.29 is 28.6 Å². The molecule has 2 rings (SSSR count). The van der Waals surface area contributed by atoms with Gasteiger partial charge in [-0.2, -0.15) is 0 Å². The molecular formula is C32H43NO6. The third-order valence-corrected chi connectivity index (χ3v) is 6.78. The number of allylic oxidation sites excluding steroid dienone is 3. The van der Waals surface area contributed by atoms with Crippen molar-refractivity contribution in [1.82, 2.24) is 4.90 Å². The monoisotopic (exact) mass is 537 g/mol.